The summed E-state index contributed by atoms with van der Waals surface area (Å²) >= 11 is 0. The van der Waals surface area contributed by atoms with Gasteiger partial charge in [0, 0.05) is 18.4 Å². The topological polar surface area (TPSA) is 85.3 Å². The van der Waals surface area contributed by atoms with Gasteiger partial charge in [-0.25, -0.2) is 0 Å². The number of hydrogen-bond donors (Lipinski definition) is 1. The Kier molecular flexibility index (Phi) is 5.49. The van der Waals surface area contributed by atoms with Crippen LogP contribution in [0.1, 0.15) is 76.0 Å². The highest BCUT2D eigenvalue weighted by atomic mass is 16.5. The highest BCUT2D eigenvalue weighted by molar-refractivity contribution is 6.00. The van der Waals surface area contributed by atoms with Crippen LogP contribution in [0.15, 0.2) is 34.9 Å². The fourth-order valence-electron chi connectivity index (χ4n) is 4.35. The number of nitrogens with two attached hydrogens (primary N) is 1. The molecule has 2 aliphatic rings. The average Bonchev–Trinajstić information content (AvgIpc) is 2.59. The maximum Gasteiger partial charge on any atom is 0.205 e. The van der Waals surface area contributed by atoms with E-state index in [0.29, 0.717) is 36.4 Å². The number of hydrogen-bond acceptors (Lipinski definition) is 5. The molecule has 0 saturated carbocycles. The van der Waals surface area contributed by atoms with Gasteiger partial charge in [0.05, 0.1) is 12.5 Å². The van der Waals surface area contributed by atoms with Crippen LogP contribution < -0.4 is 10.5 Å². The van der Waals surface area contributed by atoms with Gasteiger partial charge in [0.1, 0.15) is 23.2 Å². The molecule has 154 valence electrons. The molecule has 0 amide bonds. The zero-order chi connectivity index (χ0) is 21.5. The first kappa shape index (κ1) is 21.0. The van der Waals surface area contributed by atoms with Gasteiger partial charge in [-0.05, 0) is 47.9 Å². The van der Waals surface area contributed by atoms with Gasteiger partial charge in [-0.15, -0.1) is 0 Å². The fourth-order valence-corrected chi connectivity index (χ4v) is 4.35. The second-order valence-corrected chi connectivity index (χ2v) is 9.04. The summed E-state index contributed by atoms with van der Waals surface area (Å²) in [6.45, 7) is 12.8. The smallest absolute Gasteiger partial charge is 0.205 e. The number of aryl methyl sites for hydroxylation is 1. The Labute approximate surface area is 173 Å². The van der Waals surface area contributed by atoms with Gasteiger partial charge in [0.15, 0.2) is 5.78 Å². The molecule has 2 N–H and O–H groups in total. The molecule has 0 fully saturated rings. The number of rotatable bonds is 4. The second kappa shape index (κ2) is 7.59. The van der Waals surface area contributed by atoms with Crippen LogP contribution in [0.3, 0.4) is 0 Å². The Morgan fingerprint density at radius 3 is 2.62 bits per heavy atom. The van der Waals surface area contributed by atoms with Crippen LogP contribution in [0.2, 0.25) is 0 Å². The minimum Gasteiger partial charge on any atom is -0.494 e. The Morgan fingerprint density at radius 1 is 1.34 bits per heavy atom. The Morgan fingerprint density at radius 2 is 2.03 bits per heavy atom. The second-order valence-electron chi connectivity index (χ2n) is 9.04. The van der Waals surface area contributed by atoms with Gasteiger partial charge >= 0.3 is 0 Å². The van der Waals surface area contributed by atoms with E-state index in [-0.39, 0.29) is 23.0 Å². The SMILES string of the molecule is CCOc1cc(C)c([C@@H]2C(C#N)=C(N)OC3=C2C(=O)CC(C)(C)C3)cc1C(C)C. The molecular formula is C24H30N2O3. The Balaban J connectivity index is 2.25. The molecule has 5 heteroatoms. The van der Waals surface area contributed by atoms with E-state index in [1.54, 1.807) is 0 Å². The number of allylic oxidation sites excluding steroid dienone is 3. The number of ether oxygens (including phenoxy) is 2. The molecule has 0 unspecified atom stereocenters. The van der Waals surface area contributed by atoms with E-state index in [1.807, 2.05) is 33.8 Å². The van der Waals surface area contributed by atoms with Gasteiger partial charge in [0.2, 0.25) is 5.88 Å². The van der Waals surface area contributed by atoms with Crippen molar-refractivity contribution in [3.63, 3.8) is 0 Å². The first-order chi connectivity index (χ1) is 13.6. The van der Waals surface area contributed by atoms with Gasteiger partial charge in [-0.2, -0.15) is 5.26 Å². The molecule has 0 saturated heterocycles. The molecule has 1 atom stereocenters. The first-order valence-electron chi connectivity index (χ1n) is 10.2. The summed E-state index contributed by atoms with van der Waals surface area (Å²) in [4.78, 5) is 13.2. The van der Waals surface area contributed by atoms with Crippen molar-refractivity contribution >= 4 is 5.78 Å². The molecular weight excluding hydrogens is 364 g/mol. The molecule has 1 heterocycles. The predicted molar refractivity (Wildman–Crippen MR) is 112 cm³/mol. The van der Waals surface area contributed by atoms with Crippen molar-refractivity contribution in [2.75, 3.05) is 6.61 Å². The zero-order valence-electron chi connectivity index (χ0n) is 18.2. The standard InChI is InChI=1S/C24H30N2O3/c1-7-28-19-8-14(4)16(9-15(19)13(2)3)21-17(12-25)23(26)29-20-11-24(5,6)10-18(27)22(20)21/h8-9,13,21H,7,10-11,26H2,1-6H3/t21-/m1/s1. The monoisotopic (exact) mass is 394 g/mol. The number of carbonyl (C=O) groups is 1. The predicted octanol–water partition coefficient (Wildman–Crippen LogP) is 4.97. The zero-order valence-corrected chi connectivity index (χ0v) is 18.2. The van der Waals surface area contributed by atoms with Crippen LogP contribution in [0.4, 0.5) is 0 Å². The average molecular weight is 395 g/mol. The molecule has 1 aliphatic heterocycles. The van der Waals surface area contributed by atoms with E-state index in [9.17, 15) is 10.1 Å². The largest absolute Gasteiger partial charge is 0.494 e. The molecule has 0 bridgehead atoms. The summed E-state index contributed by atoms with van der Waals surface area (Å²) in [5.41, 5.74) is 9.78. The van der Waals surface area contributed by atoms with Gasteiger partial charge in [-0.1, -0.05) is 33.8 Å². The molecule has 5 nitrogen and oxygen atoms in total. The molecule has 3 rings (SSSR count). The van der Waals surface area contributed by atoms with Crippen molar-refractivity contribution in [1.29, 1.82) is 5.26 Å². The summed E-state index contributed by atoms with van der Waals surface area (Å²) < 4.78 is 11.6. The summed E-state index contributed by atoms with van der Waals surface area (Å²) in [7, 11) is 0. The third kappa shape index (κ3) is 3.76. The molecule has 0 aromatic heterocycles. The van der Waals surface area contributed by atoms with Crippen LogP contribution in [0, 0.1) is 23.7 Å². The van der Waals surface area contributed by atoms with Gasteiger partial charge in [-0.3, -0.25) is 4.79 Å². The lowest BCUT2D eigenvalue weighted by Crippen LogP contribution is -2.33. The van der Waals surface area contributed by atoms with Crippen LogP contribution in [0.25, 0.3) is 0 Å². The molecule has 29 heavy (non-hydrogen) atoms. The van der Waals surface area contributed by atoms with Crippen molar-refractivity contribution < 1.29 is 14.3 Å². The lowest BCUT2D eigenvalue weighted by atomic mass is 9.69. The fraction of sp³-hybridized carbons (Fsp3) is 0.500. The molecule has 0 radical (unpaired) electrons. The summed E-state index contributed by atoms with van der Waals surface area (Å²) in [6, 6.07) is 6.28. The van der Waals surface area contributed by atoms with Crippen molar-refractivity contribution in [2.45, 2.75) is 66.2 Å². The number of nitrogens with zero attached hydrogens (tertiary/aromatic N) is 1. The lowest BCUT2D eigenvalue weighted by Gasteiger charge is -2.37. The first-order valence-corrected chi connectivity index (χ1v) is 10.2. The van der Waals surface area contributed by atoms with E-state index in [0.717, 1.165) is 22.4 Å². The van der Waals surface area contributed by atoms with Crippen LogP contribution >= 0.6 is 0 Å². The van der Waals surface area contributed by atoms with E-state index in [4.69, 9.17) is 15.2 Å². The maximum atomic E-state index is 13.2. The van der Waals surface area contributed by atoms with Crippen molar-refractivity contribution in [3.8, 4) is 11.8 Å². The third-order valence-electron chi connectivity index (χ3n) is 5.71. The Hall–Kier alpha value is -2.74. The van der Waals surface area contributed by atoms with Crippen molar-refractivity contribution in [2.24, 2.45) is 11.1 Å². The van der Waals surface area contributed by atoms with Crippen molar-refractivity contribution in [3.05, 3.63) is 51.6 Å². The molecule has 1 aliphatic carbocycles. The highest BCUT2D eigenvalue weighted by Gasteiger charge is 2.43. The van der Waals surface area contributed by atoms with E-state index >= 15 is 0 Å². The summed E-state index contributed by atoms with van der Waals surface area (Å²) in [5.74, 6) is 1.31. The molecule has 1 aromatic rings. The molecule has 1 aromatic carbocycles. The minimum atomic E-state index is -0.500. The maximum absolute atomic E-state index is 13.2. The van der Waals surface area contributed by atoms with E-state index in [1.165, 1.54) is 0 Å². The number of benzene rings is 1. The molecule has 0 spiro atoms. The van der Waals surface area contributed by atoms with Gasteiger partial charge in [0.25, 0.3) is 0 Å². The van der Waals surface area contributed by atoms with E-state index < -0.39 is 5.92 Å². The lowest BCUT2D eigenvalue weighted by molar-refractivity contribution is -0.119. The number of nitriles is 1. The quantitative estimate of drug-likeness (QED) is 0.779. The van der Waals surface area contributed by atoms with Crippen LogP contribution in [0.5, 0.6) is 5.75 Å². The Bertz CT molecular complexity index is 961. The van der Waals surface area contributed by atoms with Crippen LogP contribution in [-0.2, 0) is 9.53 Å². The minimum absolute atomic E-state index is 0.0286. The highest BCUT2D eigenvalue weighted by Crippen LogP contribution is 2.49. The number of Topliss-reactive ketones (excluding diaryl/α,β-unsaturated/α-hetero) is 1. The number of carbonyl (C=O) groups excluding carboxylic acids is 1. The normalized spacial score (nSPS) is 21.0. The number of ketones is 1. The van der Waals surface area contributed by atoms with Crippen LogP contribution in [-0.4, -0.2) is 12.4 Å². The summed E-state index contributed by atoms with van der Waals surface area (Å²) in [6.07, 6.45) is 1.05. The van der Waals surface area contributed by atoms with Gasteiger partial charge < -0.3 is 15.2 Å². The third-order valence-corrected chi connectivity index (χ3v) is 5.71. The summed E-state index contributed by atoms with van der Waals surface area (Å²) in [5, 5.41) is 9.85. The van der Waals surface area contributed by atoms with E-state index in [2.05, 4.69) is 26.0 Å². The van der Waals surface area contributed by atoms with Crippen molar-refractivity contribution in [1.82, 2.24) is 0 Å².